The molecule has 1 radical (unpaired) electrons. The molecule has 3 nitrogen and oxygen atoms in total. The number of rotatable bonds is 1. The normalized spacial score (nSPS) is 11.8. The van der Waals surface area contributed by atoms with Crippen LogP contribution in [0.4, 0.5) is 0 Å². The molecular weight excluding hydrogens is 198 g/mol. The molecule has 0 aliphatic rings. The van der Waals surface area contributed by atoms with Gasteiger partial charge in [-0.1, -0.05) is 30.3 Å². The van der Waals surface area contributed by atoms with Gasteiger partial charge in [0.1, 0.15) is 0 Å². The summed E-state index contributed by atoms with van der Waals surface area (Å²) in [5.41, 5.74) is 0. The maximum Gasteiger partial charge on any atom is 0.238 e. The Labute approximate surface area is 82.2 Å². The molecule has 0 heterocycles. The van der Waals surface area contributed by atoms with E-state index in [2.05, 4.69) is 6.07 Å². The molecule has 2 aromatic rings. The van der Waals surface area contributed by atoms with Gasteiger partial charge in [0.2, 0.25) is 10.0 Å². The molecule has 0 bridgehead atoms. The standard InChI is InChI=1S/C10H8NO2S/c11-14(12,13)10-7-3-5-8-4-1-2-6-9(8)10/h1-3,5-7H,(H2,11,12,13). The number of fused-ring (bicyclic) bond motifs is 1. The van der Waals surface area contributed by atoms with Crippen molar-refractivity contribution in [2.45, 2.75) is 4.90 Å². The van der Waals surface area contributed by atoms with Crippen LogP contribution in [0.5, 0.6) is 0 Å². The largest absolute Gasteiger partial charge is 0.238 e. The second-order valence-corrected chi connectivity index (χ2v) is 4.46. The average Bonchev–Trinajstić information content (AvgIpc) is 2.15. The van der Waals surface area contributed by atoms with Crippen LogP contribution in [0.1, 0.15) is 0 Å². The Balaban J connectivity index is 2.92. The predicted octanol–water partition coefficient (Wildman–Crippen LogP) is 1.29. The quantitative estimate of drug-likeness (QED) is 0.764. The Hall–Kier alpha value is -1.39. The third-order valence-corrected chi connectivity index (χ3v) is 2.94. The zero-order valence-corrected chi connectivity index (χ0v) is 8.08. The summed E-state index contributed by atoms with van der Waals surface area (Å²) in [6.45, 7) is 0. The van der Waals surface area contributed by atoms with Gasteiger partial charge in [-0.15, -0.1) is 0 Å². The molecule has 0 spiro atoms. The number of hydrogen-bond donors (Lipinski definition) is 1. The smallest absolute Gasteiger partial charge is 0.225 e. The van der Waals surface area contributed by atoms with Crippen molar-refractivity contribution < 1.29 is 8.42 Å². The van der Waals surface area contributed by atoms with E-state index in [9.17, 15) is 8.42 Å². The summed E-state index contributed by atoms with van der Waals surface area (Å²) < 4.78 is 22.4. The lowest BCUT2D eigenvalue weighted by Crippen LogP contribution is -2.12. The van der Waals surface area contributed by atoms with Gasteiger partial charge in [0, 0.05) is 5.39 Å². The Kier molecular flexibility index (Phi) is 2.02. The highest BCUT2D eigenvalue weighted by molar-refractivity contribution is 7.89. The van der Waals surface area contributed by atoms with Gasteiger partial charge < -0.3 is 0 Å². The van der Waals surface area contributed by atoms with E-state index in [1.807, 2.05) is 0 Å². The Morgan fingerprint density at radius 2 is 1.93 bits per heavy atom. The number of sulfonamides is 1. The Morgan fingerprint density at radius 1 is 1.14 bits per heavy atom. The van der Waals surface area contributed by atoms with Gasteiger partial charge in [-0.2, -0.15) is 0 Å². The molecule has 0 saturated carbocycles. The first kappa shape index (κ1) is 9.18. The molecule has 0 saturated heterocycles. The molecule has 0 unspecified atom stereocenters. The van der Waals surface area contributed by atoms with Crippen LogP contribution in [-0.4, -0.2) is 8.42 Å². The summed E-state index contributed by atoms with van der Waals surface area (Å²) >= 11 is 0. The number of hydrogen-bond acceptors (Lipinski definition) is 2. The third-order valence-electron chi connectivity index (χ3n) is 1.97. The van der Waals surface area contributed by atoms with Crippen LogP contribution in [-0.2, 0) is 10.0 Å². The second kappa shape index (κ2) is 3.08. The Bertz CT molecular complexity index is 570. The predicted molar refractivity (Wildman–Crippen MR) is 54.2 cm³/mol. The van der Waals surface area contributed by atoms with Crippen molar-refractivity contribution in [3.63, 3.8) is 0 Å². The van der Waals surface area contributed by atoms with Crippen molar-refractivity contribution in [3.8, 4) is 0 Å². The lowest BCUT2D eigenvalue weighted by atomic mass is 10.1. The summed E-state index contributed by atoms with van der Waals surface area (Å²) in [6, 6.07) is 13.1. The van der Waals surface area contributed by atoms with Crippen molar-refractivity contribution in [1.82, 2.24) is 0 Å². The van der Waals surface area contributed by atoms with E-state index < -0.39 is 10.0 Å². The van der Waals surface area contributed by atoms with Gasteiger partial charge in [0.15, 0.2) is 0 Å². The second-order valence-electron chi connectivity index (χ2n) is 2.93. The minimum Gasteiger partial charge on any atom is -0.225 e. The van der Waals surface area contributed by atoms with Crippen molar-refractivity contribution >= 4 is 20.8 Å². The molecule has 14 heavy (non-hydrogen) atoms. The average molecular weight is 206 g/mol. The van der Waals surface area contributed by atoms with Gasteiger partial charge in [-0.05, 0) is 17.5 Å². The minimum atomic E-state index is -3.65. The zero-order chi connectivity index (χ0) is 10.2. The molecule has 0 fully saturated rings. The summed E-state index contributed by atoms with van der Waals surface area (Å²) in [5, 5.41) is 6.44. The fraction of sp³-hybridized carbons (Fsp3) is 0. The number of benzene rings is 2. The van der Waals surface area contributed by atoms with Gasteiger partial charge >= 0.3 is 0 Å². The van der Waals surface area contributed by atoms with E-state index >= 15 is 0 Å². The van der Waals surface area contributed by atoms with Gasteiger partial charge in [0.25, 0.3) is 0 Å². The first-order chi connectivity index (χ1) is 6.59. The van der Waals surface area contributed by atoms with Crippen molar-refractivity contribution in [3.05, 3.63) is 42.5 Å². The van der Waals surface area contributed by atoms with E-state index in [4.69, 9.17) is 5.14 Å². The number of nitrogens with two attached hydrogens (primary N) is 1. The van der Waals surface area contributed by atoms with Crippen molar-refractivity contribution in [2.24, 2.45) is 5.14 Å². The molecule has 2 rings (SSSR count). The molecule has 0 atom stereocenters. The molecule has 2 aromatic carbocycles. The zero-order valence-electron chi connectivity index (χ0n) is 7.27. The lowest BCUT2D eigenvalue weighted by Gasteiger charge is -2.02. The third kappa shape index (κ3) is 1.49. The molecule has 0 amide bonds. The SMILES string of the molecule is NS(=O)(=O)c1cccc2[c]cccc12. The van der Waals surface area contributed by atoms with Crippen LogP contribution in [0.25, 0.3) is 10.8 Å². The van der Waals surface area contributed by atoms with Crippen LogP contribution >= 0.6 is 0 Å². The van der Waals surface area contributed by atoms with E-state index in [1.54, 1.807) is 30.3 Å². The highest BCUT2D eigenvalue weighted by atomic mass is 32.2. The molecule has 4 heteroatoms. The fourth-order valence-corrected chi connectivity index (χ4v) is 2.12. The fourth-order valence-electron chi connectivity index (χ4n) is 1.37. The van der Waals surface area contributed by atoms with Crippen LogP contribution < -0.4 is 5.14 Å². The molecule has 0 aliphatic heterocycles. The number of primary sulfonamides is 1. The van der Waals surface area contributed by atoms with E-state index in [0.29, 0.717) is 5.39 Å². The summed E-state index contributed by atoms with van der Waals surface area (Å²) in [5.74, 6) is 0. The summed E-state index contributed by atoms with van der Waals surface area (Å²) in [6.07, 6.45) is 0. The Morgan fingerprint density at radius 3 is 2.64 bits per heavy atom. The first-order valence-electron chi connectivity index (χ1n) is 4.01. The van der Waals surface area contributed by atoms with Gasteiger partial charge in [-0.25, -0.2) is 13.6 Å². The minimum absolute atomic E-state index is 0.145. The highest BCUT2D eigenvalue weighted by Gasteiger charge is 2.10. The molecule has 2 N–H and O–H groups in total. The molecular formula is C10H8NO2S. The highest BCUT2D eigenvalue weighted by Crippen LogP contribution is 2.20. The molecule has 0 aromatic heterocycles. The lowest BCUT2D eigenvalue weighted by molar-refractivity contribution is 0.598. The summed E-state index contributed by atoms with van der Waals surface area (Å²) in [7, 11) is -3.65. The maximum atomic E-state index is 11.2. The van der Waals surface area contributed by atoms with Crippen LogP contribution in [0.3, 0.4) is 0 Å². The van der Waals surface area contributed by atoms with E-state index in [0.717, 1.165) is 5.39 Å². The summed E-state index contributed by atoms with van der Waals surface area (Å²) in [4.78, 5) is 0.145. The van der Waals surface area contributed by atoms with Crippen LogP contribution in [0.2, 0.25) is 0 Å². The monoisotopic (exact) mass is 206 g/mol. The van der Waals surface area contributed by atoms with Crippen LogP contribution in [0.15, 0.2) is 41.3 Å². The molecule has 0 aliphatic carbocycles. The molecule has 71 valence electrons. The first-order valence-corrected chi connectivity index (χ1v) is 5.56. The van der Waals surface area contributed by atoms with Crippen molar-refractivity contribution in [2.75, 3.05) is 0 Å². The van der Waals surface area contributed by atoms with Crippen molar-refractivity contribution in [1.29, 1.82) is 0 Å². The van der Waals surface area contributed by atoms with Crippen LogP contribution in [0, 0.1) is 6.07 Å². The van der Waals surface area contributed by atoms with E-state index in [1.165, 1.54) is 6.07 Å². The van der Waals surface area contributed by atoms with Gasteiger partial charge in [0.05, 0.1) is 4.90 Å². The topological polar surface area (TPSA) is 60.2 Å². The maximum absolute atomic E-state index is 11.2. The van der Waals surface area contributed by atoms with Gasteiger partial charge in [-0.3, -0.25) is 0 Å². The van der Waals surface area contributed by atoms with E-state index in [-0.39, 0.29) is 4.90 Å².